The van der Waals surface area contributed by atoms with Gasteiger partial charge in [-0.2, -0.15) is 0 Å². The van der Waals surface area contributed by atoms with Gasteiger partial charge >= 0.3 is 5.97 Å². The number of halogens is 1. The van der Waals surface area contributed by atoms with Crippen molar-refractivity contribution >= 4 is 35.4 Å². The molecule has 8 heteroatoms. The number of carboxylic acids is 1. The summed E-state index contributed by atoms with van der Waals surface area (Å²) >= 11 is 7.02. The third-order valence-corrected chi connectivity index (χ3v) is 4.64. The number of nitrogens with zero attached hydrogens (tertiary/aromatic N) is 2. The number of thioether (sulfide) groups is 1. The Labute approximate surface area is 164 Å². The second kappa shape index (κ2) is 8.75. The zero-order chi connectivity index (χ0) is 19.2. The van der Waals surface area contributed by atoms with Crippen molar-refractivity contribution in [3.8, 4) is 5.75 Å². The van der Waals surface area contributed by atoms with Crippen LogP contribution in [0.15, 0.2) is 63.1 Å². The fraction of sp³-hybridized carbons (Fsp3) is 0.105. The molecule has 1 N–H and O–H groups in total. The Balaban J connectivity index is 1.75. The van der Waals surface area contributed by atoms with Gasteiger partial charge in [0.25, 0.3) is 5.22 Å². The van der Waals surface area contributed by atoms with Crippen LogP contribution in [0.3, 0.4) is 0 Å². The third-order valence-electron chi connectivity index (χ3n) is 3.42. The number of aliphatic carboxylic acids is 1. The number of aryl methyl sites for hydroxylation is 1. The van der Waals surface area contributed by atoms with E-state index in [0.717, 1.165) is 17.3 Å². The molecule has 0 aliphatic carbocycles. The zero-order valence-electron chi connectivity index (χ0n) is 14.3. The first kappa shape index (κ1) is 19.0. The maximum Gasteiger partial charge on any atom is 0.342 e. The first-order valence-electron chi connectivity index (χ1n) is 7.90. The topological polar surface area (TPSA) is 85.5 Å². The van der Waals surface area contributed by atoms with Crippen molar-refractivity contribution in [1.29, 1.82) is 0 Å². The van der Waals surface area contributed by atoms with E-state index in [4.69, 9.17) is 20.8 Å². The summed E-state index contributed by atoms with van der Waals surface area (Å²) in [5, 5.41) is 17.7. The van der Waals surface area contributed by atoms with Crippen LogP contribution in [-0.2, 0) is 11.4 Å². The van der Waals surface area contributed by atoms with Gasteiger partial charge in [-0.15, -0.1) is 10.2 Å². The smallest absolute Gasteiger partial charge is 0.342 e. The lowest BCUT2D eigenvalue weighted by atomic mass is 10.2. The Morgan fingerprint density at radius 2 is 2.07 bits per heavy atom. The summed E-state index contributed by atoms with van der Waals surface area (Å²) in [6.45, 7) is 1.95. The van der Waals surface area contributed by atoms with Crippen LogP contribution in [0.5, 0.6) is 5.75 Å². The highest BCUT2D eigenvalue weighted by Gasteiger charge is 2.14. The van der Waals surface area contributed by atoms with Crippen LogP contribution in [0, 0.1) is 6.92 Å². The molecule has 6 nitrogen and oxygen atoms in total. The van der Waals surface area contributed by atoms with Crippen LogP contribution in [0.1, 0.15) is 17.0 Å². The van der Waals surface area contributed by atoms with Crippen molar-refractivity contribution in [2.75, 3.05) is 0 Å². The monoisotopic (exact) mass is 402 g/mol. The number of benzene rings is 2. The van der Waals surface area contributed by atoms with Crippen LogP contribution >= 0.6 is 23.4 Å². The predicted octanol–water partition coefficient (Wildman–Crippen LogP) is 4.83. The van der Waals surface area contributed by atoms with Crippen LogP contribution in [-0.4, -0.2) is 21.3 Å². The number of ether oxygens (including phenoxy) is 1. The molecular formula is C19H15ClN2O4S. The first-order valence-corrected chi connectivity index (χ1v) is 9.10. The Kier molecular flexibility index (Phi) is 6.16. The van der Waals surface area contributed by atoms with Crippen molar-refractivity contribution in [1.82, 2.24) is 10.2 Å². The Morgan fingerprint density at radius 3 is 2.78 bits per heavy atom. The lowest BCUT2D eigenvalue weighted by Gasteiger charge is -2.08. The van der Waals surface area contributed by atoms with E-state index in [1.54, 1.807) is 37.3 Å². The average Bonchev–Trinajstić information content (AvgIpc) is 3.06. The van der Waals surface area contributed by atoms with E-state index >= 15 is 0 Å². The van der Waals surface area contributed by atoms with Gasteiger partial charge in [0.1, 0.15) is 17.3 Å². The van der Waals surface area contributed by atoms with Gasteiger partial charge in [0, 0.05) is 17.5 Å². The van der Waals surface area contributed by atoms with Crippen molar-refractivity contribution in [3.63, 3.8) is 0 Å². The second-order valence-corrected chi connectivity index (χ2v) is 6.86. The Morgan fingerprint density at radius 1 is 1.26 bits per heavy atom. The summed E-state index contributed by atoms with van der Waals surface area (Å²) in [4.78, 5) is 11.6. The summed E-state index contributed by atoms with van der Waals surface area (Å²) in [6, 6.07) is 14.5. The van der Waals surface area contributed by atoms with Crippen molar-refractivity contribution < 1.29 is 19.1 Å². The highest BCUT2D eigenvalue weighted by atomic mass is 35.5. The zero-order valence-corrected chi connectivity index (χ0v) is 15.8. The fourth-order valence-corrected chi connectivity index (χ4v) is 3.08. The van der Waals surface area contributed by atoms with Crippen LogP contribution < -0.4 is 4.74 Å². The van der Waals surface area contributed by atoms with Crippen molar-refractivity contribution in [2.45, 2.75) is 18.8 Å². The highest BCUT2D eigenvalue weighted by Crippen LogP contribution is 2.28. The molecule has 0 fully saturated rings. The average molecular weight is 403 g/mol. The van der Waals surface area contributed by atoms with Gasteiger partial charge in [-0.05, 0) is 41.6 Å². The molecule has 0 aliphatic heterocycles. The van der Waals surface area contributed by atoms with Gasteiger partial charge in [-0.3, -0.25) is 0 Å². The number of aromatic nitrogens is 2. The number of carboxylic acid groups (broad SMARTS) is 1. The molecule has 0 aliphatic rings. The molecule has 0 saturated heterocycles. The number of rotatable bonds is 7. The second-order valence-electron chi connectivity index (χ2n) is 5.46. The minimum atomic E-state index is -1.08. The summed E-state index contributed by atoms with van der Waals surface area (Å²) < 4.78 is 11.0. The number of hydrogen-bond acceptors (Lipinski definition) is 6. The van der Waals surface area contributed by atoms with E-state index in [0.29, 0.717) is 28.8 Å². The maximum absolute atomic E-state index is 11.5. The summed E-state index contributed by atoms with van der Waals surface area (Å²) in [7, 11) is 0. The lowest BCUT2D eigenvalue weighted by Crippen LogP contribution is -1.98. The summed E-state index contributed by atoms with van der Waals surface area (Å²) in [5.41, 5.74) is 1.54. The van der Waals surface area contributed by atoms with Gasteiger partial charge in [0.05, 0.1) is 0 Å². The van der Waals surface area contributed by atoms with Crippen molar-refractivity contribution in [3.05, 3.63) is 75.5 Å². The summed E-state index contributed by atoms with van der Waals surface area (Å²) in [5.74, 6) is -0.109. The molecule has 0 saturated carbocycles. The van der Waals surface area contributed by atoms with Crippen molar-refractivity contribution in [2.24, 2.45) is 0 Å². The molecule has 138 valence electrons. The largest absolute Gasteiger partial charge is 0.489 e. The molecule has 0 amide bonds. The first-order chi connectivity index (χ1) is 13.0. The Hall–Kier alpha value is -2.77. The normalized spacial score (nSPS) is 11.4. The van der Waals surface area contributed by atoms with E-state index in [9.17, 15) is 9.90 Å². The highest BCUT2D eigenvalue weighted by molar-refractivity contribution is 8.03. The molecule has 0 spiro atoms. The molecule has 0 atom stereocenters. The molecule has 1 aromatic heterocycles. The van der Waals surface area contributed by atoms with E-state index in [1.807, 2.05) is 18.2 Å². The van der Waals surface area contributed by atoms with Gasteiger partial charge in [0.2, 0.25) is 5.89 Å². The minimum absolute atomic E-state index is 0.0573. The lowest BCUT2D eigenvalue weighted by molar-refractivity contribution is -0.131. The van der Waals surface area contributed by atoms with E-state index in [-0.39, 0.29) is 10.1 Å². The SMILES string of the molecule is Cc1nnc(S/C(=C\c2cccc(OCc3ccccc3Cl)c2)C(=O)O)o1. The maximum atomic E-state index is 11.5. The molecule has 0 radical (unpaired) electrons. The quantitative estimate of drug-likeness (QED) is 0.447. The molecule has 3 rings (SSSR count). The molecule has 3 aromatic rings. The fourth-order valence-electron chi connectivity index (χ4n) is 2.17. The molecule has 27 heavy (non-hydrogen) atoms. The molecule has 2 aromatic carbocycles. The standard InChI is InChI=1S/C19H15ClN2O4S/c1-12-21-22-19(26-12)27-17(18(23)24)10-13-5-4-7-15(9-13)25-11-14-6-2-3-8-16(14)20/h2-10H,11H2,1H3,(H,23,24)/b17-10-. The molecule has 0 bridgehead atoms. The van der Waals surface area contributed by atoms with Gasteiger partial charge in [-0.25, -0.2) is 4.79 Å². The summed E-state index contributed by atoms with van der Waals surface area (Å²) in [6.07, 6.45) is 1.52. The van der Waals surface area contributed by atoms with Gasteiger partial charge < -0.3 is 14.3 Å². The number of carbonyl (C=O) groups is 1. The van der Waals surface area contributed by atoms with E-state index in [2.05, 4.69) is 10.2 Å². The molecule has 0 unspecified atom stereocenters. The van der Waals surface area contributed by atoms with E-state index < -0.39 is 5.97 Å². The number of hydrogen-bond donors (Lipinski definition) is 1. The van der Waals surface area contributed by atoms with Crippen LogP contribution in [0.4, 0.5) is 0 Å². The predicted molar refractivity (Wildman–Crippen MR) is 103 cm³/mol. The third kappa shape index (κ3) is 5.35. The minimum Gasteiger partial charge on any atom is -0.489 e. The molecular weight excluding hydrogens is 388 g/mol. The van der Waals surface area contributed by atoms with Crippen LogP contribution in [0.25, 0.3) is 6.08 Å². The van der Waals surface area contributed by atoms with Crippen LogP contribution in [0.2, 0.25) is 5.02 Å². The Bertz CT molecular complexity index is 987. The van der Waals surface area contributed by atoms with Gasteiger partial charge in [-0.1, -0.05) is 41.9 Å². The molecule has 1 heterocycles. The van der Waals surface area contributed by atoms with Gasteiger partial charge in [0.15, 0.2) is 0 Å². The van der Waals surface area contributed by atoms with E-state index in [1.165, 1.54) is 6.08 Å².